The third kappa shape index (κ3) is 12.4. The molecule has 0 aliphatic rings. The van der Waals surface area contributed by atoms with Gasteiger partial charge in [-0.25, -0.2) is 0 Å². The molecule has 0 saturated heterocycles. The van der Waals surface area contributed by atoms with Crippen molar-refractivity contribution < 1.29 is 39.9 Å². The largest absolute Gasteiger partial charge is 0.508 e. The molecule has 4 rings (SSSR count). The summed E-state index contributed by atoms with van der Waals surface area (Å²) in [4.78, 5) is 31.4. The van der Waals surface area contributed by atoms with Gasteiger partial charge in [0.05, 0.1) is 6.42 Å². The van der Waals surface area contributed by atoms with E-state index in [9.17, 15) is 24.6 Å². The Hall–Kier alpha value is -5.11. The lowest BCUT2D eigenvalue weighted by molar-refractivity contribution is -0.138. The number of phenols is 2. The van der Waals surface area contributed by atoms with Crippen LogP contribution in [0.3, 0.4) is 0 Å². The van der Waals surface area contributed by atoms with E-state index in [1.54, 1.807) is 48.5 Å². The highest BCUT2D eigenvalue weighted by atomic mass is 16.4. The molecular formula is C36H40O8. The first-order chi connectivity index (χ1) is 20.8. The Morgan fingerprint density at radius 2 is 0.932 bits per heavy atom. The van der Waals surface area contributed by atoms with Crippen molar-refractivity contribution in [3.05, 3.63) is 130 Å². The first-order valence-electron chi connectivity index (χ1n) is 14.1. The van der Waals surface area contributed by atoms with Crippen molar-refractivity contribution >= 4 is 17.9 Å². The Balaban J connectivity index is 0.000000250. The van der Waals surface area contributed by atoms with Crippen molar-refractivity contribution in [1.82, 2.24) is 0 Å². The number of phenolic OH excluding ortho intramolecular Hbond substituents is 2. The van der Waals surface area contributed by atoms with E-state index in [-0.39, 0.29) is 30.8 Å². The van der Waals surface area contributed by atoms with Crippen LogP contribution in [0.5, 0.6) is 11.5 Å². The van der Waals surface area contributed by atoms with Crippen LogP contribution < -0.4 is 0 Å². The zero-order valence-corrected chi connectivity index (χ0v) is 25.2. The maximum Gasteiger partial charge on any atom is 0.307 e. The van der Waals surface area contributed by atoms with E-state index in [0.29, 0.717) is 12.8 Å². The van der Waals surface area contributed by atoms with Crippen molar-refractivity contribution in [2.75, 3.05) is 0 Å². The topological polar surface area (TPSA) is 152 Å². The highest BCUT2D eigenvalue weighted by Crippen LogP contribution is 2.37. The Kier molecular flexibility index (Phi) is 13.6. The Morgan fingerprint density at radius 1 is 0.545 bits per heavy atom. The molecule has 0 bridgehead atoms. The molecule has 0 aliphatic carbocycles. The van der Waals surface area contributed by atoms with Crippen molar-refractivity contribution in [3.63, 3.8) is 0 Å². The van der Waals surface area contributed by atoms with E-state index >= 15 is 0 Å². The molecule has 4 aromatic carbocycles. The molecule has 0 atom stereocenters. The van der Waals surface area contributed by atoms with E-state index in [4.69, 9.17) is 15.3 Å². The van der Waals surface area contributed by atoms with Gasteiger partial charge in [-0.1, -0.05) is 90.8 Å². The number of aliphatic carboxylic acids is 3. The van der Waals surface area contributed by atoms with Gasteiger partial charge in [0.1, 0.15) is 11.5 Å². The van der Waals surface area contributed by atoms with Crippen LogP contribution in [0.1, 0.15) is 59.6 Å². The second-order valence-electron chi connectivity index (χ2n) is 10.8. The quantitative estimate of drug-likeness (QED) is 0.132. The molecule has 0 aromatic heterocycles. The summed E-state index contributed by atoms with van der Waals surface area (Å²) < 4.78 is 0. The summed E-state index contributed by atoms with van der Waals surface area (Å²) in [5, 5.41) is 44.7. The molecule has 0 saturated carbocycles. The molecule has 44 heavy (non-hydrogen) atoms. The van der Waals surface area contributed by atoms with Gasteiger partial charge in [-0.2, -0.15) is 0 Å². The molecule has 0 fully saturated rings. The van der Waals surface area contributed by atoms with Crippen LogP contribution in [0.4, 0.5) is 0 Å². The predicted molar refractivity (Wildman–Crippen MR) is 169 cm³/mol. The number of hydrogen-bond donors (Lipinski definition) is 5. The maximum absolute atomic E-state index is 10.9. The summed E-state index contributed by atoms with van der Waals surface area (Å²) in [5.41, 5.74) is 5.64. The van der Waals surface area contributed by atoms with E-state index in [1.807, 2.05) is 69.3 Å². The lowest BCUT2D eigenvalue weighted by Gasteiger charge is -2.30. The highest BCUT2D eigenvalue weighted by molar-refractivity contribution is 5.70. The minimum Gasteiger partial charge on any atom is -0.508 e. The van der Waals surface area contributed by atoms with Crippen LogP contribution in [0.25, 0.3) is 0 Å². The van der Waals surface area contributed by atoms with E-state index in [2.05, 4.69) is 0 Å². The molecule has 8 heteroatoms. The first kappa shape index (κ1) is 35.1. The highest BCUT2D eigenvalue weighted by Gasteiger charge is 2.29. The molecule has 0 radical (unpaired) electrons. The number of carboxylic acids is 3. The molecule has 5 N–H and O–H groups in total. The molecule has 4 aromatic rings. The summed E-state index contributed by atoms with van der Waals surface area (Å²) >= 11 is 0. The van der Waals surface area contributed by atoms with Crippen LogP contribution in [0.2, 0.25) is 0 Å². The average Bonchev–Trinajstić information content (AvgIpc) is 2.98. The van der Waals surface area contributed by atoms with E-state index in [0.717, 1.165) is 27.8 Å². The summed E-state index contributed by atoms with van der Waals surface area (Å²) in [6.45, 7) is 5.96. The number of benzene rings is 4. The standard InChI is InChI=1S/C17H18O4.C10H12O2.C9H10O2/c1-17(11-10-16(20)21,12-2-6-14(18)7-3-12)13-4-8-15(19)9-5-13;1-8-2-4-9(5-3-8)6-7-10(11)12;1-7-2-4-8(5-3-7)6-9(10)11/h2-9,18-19H,10-11H2,1H3,(H,20,21);2-5H,6-7H2,1H3,(H,11,12);2-5H,6H2,1H3,(H,10,11). The van der Waals surface area contributed by atoms with Gasteiger partial charge in [0.2, 0.25) is 0 Å². The van der Waals surface area contributed by atoms with Crippen LogP contribution >= 0.6 is 0 Å². The molecule has 0 aliphatic heterocycles. The zero-order chi connectivity index (χ0) is 32.7. The summed E-state index contributed by atoms with van der Waals surface area (Å²) in [7, 11) is 0. The van der Waals surface area contributed by atoms with Crippen molar-refractivity contribution in [2.24, 2.45) is 0 Å². The third-order valence-corrected chi connectivity index (χ3v) is 7.07. The van der Waals surface area contributed by atoms with Gasteiger partial charge in [0.15, 0.2) is 0 Å². The summed E-state index contributed by atoms with van der Waals surface area (Å²) in [5.74, 6) is -2.03. The van der Waals surface area contributed by atoms with Crippen LogP contribution in [-0.2, 0) is 32.6 Å². The number of rotatable bonds is 10. The number of carbonyl (C=O) groups is 3. The normalized spacial score (nSPS) is 10.4. The second kappa shape index (κ2) is 17.1. The SMILES string of the molecule is CC(CCC(=O)O)(c1ccc(O)cc1)c1ccc(O)cc1.Cc1ccc(CC(=O)O)cc1.Cc1ccc(CCC(=O)O)cc1. The molecule has 232 valence electrons. The fraction of sp³-hybridized carbons (Fsp3) is 0.250. The molecule has 0 spiro atoms. The predicted octanol–water partition coefficient (Wildman–Crippen LogP) is 6.90. The Bertz CT molecular complexity index is 1430. The minimum atomic E-state index is -0.848. The molecule has 8 nitrogen and oxygen atoms in total. The fourth-order valence-corrected chi connectivity index (χ4v) is 4.36. The zero-order valence-electron chi connectivity index (χ0n) is 25.2. The molecule has 0 heterocycles. The Labute approximate surface area is 257 Å². The first-order valence-corrected chi connectivity index (χ1v) is 14.1. The van der Waals surface area contributed by atoms with Crippen LogP contribution in [0, 0.1) is 13.8 Å². The number of carboxylic acid groups (broad SMARTS) is 3. The molecule has 0 unspecified atom stereocenters. The van der Waals surface area contributed by atoms with E-state index in [1.165, 1.54) is 5.56 Å². The van der Waals surface area contributed by atoms with Gasteiger partial charge in [0, 0.05) is 18.3 Å². The monoisotopic (exact) mass is 600 g/mol. The fourth-order valence-electron chi connectivity index (χ4n) is 4.36. The van der Waals surface area contributed by atoms with E-state index < -0.39 is 23.3 Å². The van der Waals surface area contributed by atoms with Crippen molar-refractivity contribution in [3.8, 4) is 11.5 Å². The van der Waals surface area contributed by atoms with Gasteiger partial charge < -0.3 is 25.5 Å². The lowest BCUT2D eigenvalue weighted by atomic mass is 9.73. The lowest BCUT2D eigenvalue weighted by Crippen LogP contribution is -2.24. The van der Waals surface area contributed by atoms with Crippen LogP contribution in [0.15, 0.2) is 97.1 Å². The maximum atomic E-state index is 10.9. The second-order valence-corrected chi connectivity index (χ2v) is 10.8. The summed E-state index contributed by atoms with van der Waals surface area (Å²) in [6, 6.07) is 29.0. The van der Waals surface area contributed by atoms with Gasteiger partial charge in [0.25, 0.3) is 0 Å². The molecule has 0 amide bonds. The number of aryl methyl sites for hydroxylation is 3. The van der Waals surface area contributed by atoms with Gasteiger partial charge >= 0.3 is 17.9 Å². The van der Waals surface area contributed by atoms with Gasteiger partial charge in [-0.3, -0.25) is 14.4 Å². The summed E-state index contributed by atoms with van der Waals surface area (Å²) in [6.07, 6.45) is 1.41. The average molecular weight is 601 g/mol. The van der Waals surface area contributed by atoms with Crippen molar-refractivity contribution in [2.45, 2.75) is 58.3 Å². The van der Waals surface area contributed by atoms with Crippen molar-refractivity contribution in [1.29, 1.82) is 0 Å². The Morgan fingerprint density at radius 3 is 1.30 bits per heavy atom. The minimum absolute atomic E-state index is 0.0399. The van der Waals surface area contributed by atoms with Gasteiger partial charge in [-0.05, 0) is 73.2 Å². The third-order valence-electron chi connectivity index (χ3n) is 7.07. The van der Waals surface area contributed by atoms with Crippen LogP contribution in [-0.4, -0.2) is 43.4 Å². The molecular weight excluding hydrogens is 560 g/mol. The smallest absolute Gasteiger partial charge is 0.307 e. The number of hydrogen-bond acceptors (Lipinski definition) is 5. The number of aromatic hydroxyl groups is 2. The van der Waals surface area contributed by atoms with Gasteiger partial charge in [-0.15, -0.1) is 0 Å².